The number of rotatable bonds is 3. The average Bonchev–Trinajstić information content (AvgIpc) is 2.31. The third kappa shape index (κ3) is 4.15. The van der Waals surface area contributed by atoms with Crippen LogP contribution in [0.3, 0.4) is 0 Å². The second-order valence-corrected chi connectivity index (χ2v) is 3.08. The van der Waals surface area contributed by atoms with Crippen molar-refractivity contribution in [3.63, 3.8) is 0 Å². The van der Waals surface area contributed by atoms with Gasteiger partial charge < -0.3 is 1.43 Å². The van der Waals surface area contributed by atoms with Gasteiger partial charge in [-0.1, -0.05) is 36.6 Å². The molecule has 0 unspecified atom stereocenters. The molecular weight excluding hydrogens is 143 g/mol. The van der Waals surface area contributed by atoms with Gasteiger partial charge in [-0.3, -0.25) is 0 Å². The Balaban J connectivity index is 0. The van der Waals surface area contributed by atoms with Crippen LogP contribution in [0.25, 0.3) is 0 Å². The van der Waals surface area contributed by atoms with E-state index in [-0.39, 0.29) is 31.0 Å². The maximum absolute atomic E-state index is 2.35. The van der Waals surface area contributed by atoms with Gasteiger partial charge in [0.1, 0.15) is 0 Å². The van der Waals surface area contributed by atoms with E-state index in [1.165, 1.54) is 31.3 Å². The van der Waals surface area contributed by atoms with E-state index in [0.717, 1.165) is 0 Å². The predicted molar refractivity (Wildman–Crippen MR) is 47.1 cm³/mol. The quantitative estimate of drug-likeness (QED) is 0.529. The smallest absolute Gasteiger partial charge is 1.00 e. The summed E-state index contributed by atoms with van der Waals surface area (Å²) in [4.78, 5) is 0. The van der Waals surface area contributed by atoms with Crippen LogP contribution in [0, 0.1) is 0 Å². The minimum absolute atomic E-state index is 0. The first-order valence-corrected chi connectivity index (χ1v) is 4.19. The second kappa shape index (κ2) is 6.05. The molecule has 0 radical (unpaired) electrons. The van der Waals surface area contributed by atoms with Crippen molar-refractivity contribution in [3.05, 3.63) is 23.3 Å². The van der Waals surface area contributed by atoms with Gasteiger partial charge in [0, 0.05) is 0 Å². The van der Waals surface area contributed by atoms with Crippen molar-refractivity contribution in [3.8, 4) is 0 Å². The summed E-state index contributed by atoms with van der Waals surface area (Å²) in [6.07, 6.45) is 9.81. The summed E-state index contributed by atoms with van der Waals surface area (Å²) in [5.41, 5.74) is 3.07. The fourth-order valence-corrected chi connectivity index (χ4v) is 1.28. The molecule has 0 aromatic rings. The van der Waals surface area contributed by atoms with Gasteiger partial charge in [-0.15, -0.1) is 0 Å². The summed E-state index contributed by atoms with van der Waals surface area (Å²) in [5.74, 6) is 0. The van der Waals surface area contributed by atoms with Gasteiger partial charge in [-0.25, -0.2) is 0 Å². The summed E-state index contributed by atoms with van der Waals surface area (Å²) >= 11 is 0. The van der Waals surface area contributed by atoms with E-state index in [1.54, 1.807) is 5.57 Å². The van der Waals surface area contributed by atoms with Crippen molar-refractivity contribution in [2.75, 3.05) is 0 Å². The maximum Gasteiger partial charge on any atom is 1.00 e. The van der Waals surface area contributed by atoms with Crippen LogP contribution in [0.1, 0.15) is 41.0 Å². The van der Waals surface area contributed by atoms with Crippen LogP contribution in [0.4, 0.5) is 0 Å². The normalized spacial score (nSPS) is 15.5. The molecule has 0 atom stereocenters. The monoisotopic (exact) mass is 160 g/mol. The zero-order chi connectivity index (χ0) is 7.40. The van der Waals surface area contributed by atoms with Gasteiger partial charge in [-0.2, -0.15) is 0 Å². The Morgan fingerprint density at radius 1 is 1.55 bits per heavy atom. The van der Waals surface area contributed by atoms with E-state index in [9.17, 15) is 0 Å². The molecule has 1 rings (SSSR count). The van der Waals surface area contributed by atoms with Crippen molar-refractivity contribution in [2.24, 2.45) is 0 Å². The number of hydrogen-bond donors (Lipinski definition) is 0. The van der Waals surface area contributed by atoms with Crippen molar-refractivity contribution < 1.29 is 31.0 Å². The average molecular weight is 160 g/mol. The Morgan fingerprint density at radius 2 is 2.27 bits per heavy atom. The summed E-state index contributed by atoms with van der Waals surface area (Å²) in [5, 5.41) is 0. The van der Waals surface area contributed by atoms with E-state index < -0.39 is 0 Å². The summed E-state index contributed by atoms with van der Waals surface area (Å²) in [6, 6.07) is 0. The molecular formula is C10H17Na. The topological polar surface area (TPSA) is 0 Å². The van der Waals surface area contributed by atoms with Gasteiger partial charge in [0.15, 0.2) is 0 Å². The Morgan fingerprint density at radius 3 is 2.73 bits per heavy atom. The van der Waals surface area contributed by atoms with E-state index in [4.69, 9.17) is 0 Å². The SMILES string of the molecule is CCCCC1=CCC(C)=C1.[H-].[Na+]. The first-order valence-electron chi connectivity index (χ1n) is 4.19. The molecule has 0 aromatic heterocycles. The molecule has 0 aliphatic heterocycles. The standard InChI is InChI=1S/C10H16.Na.H/c1-3-4-5-10-7-6-9(2)8-10;;/h7-8H,3-6H2,1-2H3;;/q;+1;-1. The molecule has 58 valence electrons. The third-order valence-electron chi connectivity index (χ3n) is 1.94. The molecule has 0 amide bonds. The van der Waals surface area contributed by atoms with Crippen molar-refractivity contribution in [1.29, 1.82) is 0 Å². The van der Waals surface area contributed by atoms with Crippen molar-refractivity contribution in [2.45, 2.75) is 39.5 Å². The number of unbranched alkanes of at least 4 members (excludes halogenated alkanes) is 1. The van der Waals surface area contributed by atoms with Crippen LogP contribution in [0.2, 0.25) is 0 Å². The van der Waals surface area contributed by atoms with E-state index >= 15 is 0 Å². The van der Waals surface area contributed by atoms with Crippen LogP contribution in [0.15, 0.2) is 23.3 Å². The molecule has 0 saturated carbocycles. The van der Waals surface area contributed by atoms with Gasteiger partial charge in [-0.05, 0) is 26.2 Å². The van der Waals surface area contributed by atoms with Gasteiger partial charge in [0.25, 0.3) is 0 Å². The predicted octanol–water partition coefficient (Wildman–Crippen LogP) is 0.569. The van der Waals surface area contributed by atoms with Gasteiger partial charge in [0.05, 0.1) is 0 Å². The first-order chi connectivity index (χ1) is 4.83. The summed E-state index contributed by atoms with van der Waals surface area (Å²) in [6.45, 7) is 4.45. The Hall–Kier alpha value is 0.480. The molecule has 1 heteroatoms. The van der Waals surface area contributed by atoms with Gasteiger partial charge >= 0.3 is 29.6 Å². The van der Waals surface area contributed by atoms with Crippen LogP contribution >= 0.6 is 0 Å². The van der Waals surface area contributed by atoms with Gasteiger partial charge in [0.2, 0.25) is 0 Å². The Labute approximate surface area is 93.5 Å². The largest absolute Gasteiger partial charge is 1.00 e. The van der Waals surface area contributed by atoms with Crippen molar-refractivity contribution in [1.82, 2.24) is 0 Å². The maximum atomic E-state index is 2.35. The van der Waals surface area contributed by atoms with E-state index in [1.807, 2.05) is 0 Å². The molecule has 0 saturated heterocycles. The minimum Gasteiger partial charge on any atom is -1.00 e. The van der Waals surface area contributed by atoms with Crippen LogP contribution in [-0.2, 0) is 0 Å². The van der Waals surface area contributed by atoms with Crippen molar-refractivity contribution >= 4 is 0 Å². The minimum atomic E-state index is 0. The van der Waals surface area contributed by atoms with Crippen LogP contribution in [0.5, 0.6) is 0 Å². The first kappa shape index (κ1) is 11.5. The van der Waals surface area contributed by atoms with E-state index in [2.05, 4.69) is 26.0 Å². The molecule has 0 N–H and O–H groups in total. The summed E-state index contributed by atoms with van der Waals surface area (Å²) < 4.78 is 0. The van der Waals surface area contributed by atoms with Crippen LogP contribution in [-0.4, -0.2) is 0 Å². The Bertz CT molecular complexity index is 171. The Kier molecular flexibility index (Phi) is 6.31. The molecule has 0 spiro atoms. The zero-order valence-corrected chi connectivity index (χ0v) is 9.98. The molecule has 0 nitrogen and oxygen atoms in total. The molecule has 1 aliphatic carbocycles. The third-order valence-corrected chi connectivity index (χ3v) is 1.94. The molecule has 1 aliphatic rings. The fraction of sp³-hybridized carbons (Fsp3) is 0.600. The second-order valence-electron chi connectivity index (χ2n) is 3.08. The number of hydrogen-bond acceptors (Lipinski definition) is 0. The molecule has 11 heavy (non-hydrogen) atoms. The molecule has 0 bridgehead atoms. The summed E-state index contributed by atoms with van der Waals surface area (Å²) in [7, 11) is 0. The fourth-order valence-electron chi connectivity index (χ4n) is 1.28. The van der Waals surface area contributed by atoms with E-state index in [0.29, 0.717) is 0 Å². The molecule has 0 aromatic carbocycles. The molecule has 0 fully saturated rings. The zero-order valence-electron chi connectivity index (χ0n) is 8.98. The molecule has 0 heterocycles. The number of allylic oxidation sites excluding steroid dienone is 4. The van der Waals surface area contributed by atoms with Crippen LogP contribution < -0.4 is 29.6 Å².